The molecule has 0 aliphatic carbocycles. The number of carbonyl (C=O) groups is 1. The molecule has 1 atom stereocenters. The number of benzene rings is 2. The summed E-state index contributed by atoms with van der Waals surface area (Å²) >= 11 is 0. The maximum Gasteiger partial charge on any atom is 0.223 e. The Bertz CT molecular complexity index is 1020. The van der Waals surface area contributed by atoms with Gasteiger partial charge in [-0.05, 0) is 67.9 Å². The first kappa shape index (κ1) is 23.5. The molecule has 1 N–H and O–H groups in total. The molecule has 0 unspecified atom stereocenters. The second kappa shape index (κ2) is 9.96. The Hall–Kier alpha value is -2.18. The normalized spacial score (nSPS) is 16.8. The molecule has 31 heavy (non-hydrogen) atoms. The predicted molar refractivity (Wildman–Crippen MR) is 125 cm³/mol. The number of hydrogen-bond acceptors (Lipinski definition) is 3. The molecule has 2 aromatic rings. The van der Waals surface area contributed by atoms with Crippen LogP contribution in [0.2, 0.25) is 0 Å². The first-order chi connectivity index (χ1) is 14.7. The smallest absolute Gasteiger partial charge is 0.223 e. The van der Waals surface area contributed by atoms with Crippen molar-refractivity contribution in [2.24, 2.45) is 5.92 Å². The number of hydrogen-bond donors (Lipinski definition) is 1. The number of piperidine rings is 1. The van der Waals surface area contributed by atoms with Gasteiger partial charge < -0.3 is 5.32 Å². The lowest BCUT2D eigenvalue weighted by molar-refractivity contribution is -0.126. The fraction of sp³-hybridized carbons (Fsp3) is 0.480. The zero-order valence-corrected chi connectivity index (χ0v) is 19.8. The van der Waals surface area contributed by atoms with Crippen LogP contribution in [0.3, 0.4) is 0 Å². The minimum Gasteiger partial charge on any atom is -0.349 e. The van der Waals surface area contributed by atoms with E-state index < -0.39 is 10.0 Å². The zero-order valence-electron chi connectivity index (χ0n) is 19.0. The van der Waals surface area contributed by atoms with Crippen LogP contribution < -0.4 is 5.32 Å². The minimum atomic E-state index is -3.39. The van der Waals surface area contributed by atoms with E-state index in [9.17, 15) is 13.2 Å². The van der Waals surface area contributed by atoms with Crippen LogP contribution in [0.5, 0.6) is 0 Å². The molecule has 1 aliphatic heterocycles. The highest BCUT2D eigenvalue weighted by atomic mass is 32.2. The SMILES string of the molecule is CC[C@H](NC(=O)C1CCN(S(=O)(=O)Cc2ccccc2C)CC1)c1ccc(C)c(C)c1. The fourth-order valence-electron chi connectivity index (χ4n) is 4.15. The summed E-state index contributed by atoms with van der Waals surface area (Å²) in [6.07, 6.45) is 1.93. The van der Waals surface area contributed by atoms with Gasteiger partial charge in [-0.25, -0.2) is 12.7 Å². The van der Waals surface area contributed by atoms with Gasteiger partial charge in [0.25, 0.3) is 0 Å². The fourth-order valence-corrected chi connectivity index (χ4v) is 5.81. The van der Waals surface area contributed by atoms with Crippen LogP contribution in [0.4, 0.5) is 0 Å². The molecule has 2 aromatic carbocycles. The van der Waals surface area contributed by atoms with E-state index in [0.717, 1.165) is 23.1 Å². The molecule has 1 fully saturated rings. The number of rotatable bonds is 7. The van der Waals surface area contributed by atoms with Gasteiger partial charge in [-0.1, -0.05) is 49.4 Å². The highest BCUT2D eigenvalue weighted by molar-refractivity contribution is 7.88. The summed E-state index contributed by atoms with van der Waals surface area (Å²) in [5.74, 6) is -0.104. The van der Waals surface area contributed by atoms with Crippen LogP contribution in [0, 0.1) is 26.7 Å². The summed E-state index contributed by atoms with van der Waals surface area (Å²) in [6.45, 7) is 8.96. The predicted octanol–water partition coefficient (Wildman–Crippen LogP) is 4.42. The van der Waals surface area contributed by atoms with Crippen molar-refractivity contribution in [1.82, 2.24) is 9.62 Å². The number of nitrogens with one attached hydrogen (secondary N) is 1. The summed E-state index contributed by atoms with van der Waals surface area (Å²) in [5, 5.41) is 3.19. The van der Waals surface area contributed by atoms with Gasteiger partial charge in [-0.2, -0.15) is 0 Å². The quantitative estimate of drug-likeness (QED) is 0.690. The second-order valence-corrected chi connectivity index (χ2v) is 10.6. The third-order valence-electron chi connectivity index (χ3n) is 6.48. The van der Waals surface area contributed by atoms with E-state index in [0.29, 0.717) is 25.9 Å². The first-order valence-corrected chi connectivity index (χ1v) is 12.7. The van der Waals surface area contributed by atoms with Gasteiger partial charge in [-0.3, -0.25) is 4.79 Å². The van der Waals surface area contributed by atoms with Gasteiger partial charge in [0.2, 0.25) is 15.9 Å². The molecule has 0 radical (unpaired) electrons. The van der Waals surface area contributed by atoms with E-state index in [1.54, 1.807) is 4.31 Å². The Labute approximate surface area is 186 Å². The average Bonchev–Trinajstić information content (AvgIpc) is 2.75. The summed E-state index contributed by atoms with van der Waals surface area (Å²) in [5.41, 5.74) is 5.40. The highest BCUT2D eigenvalue weighted by Crippen LogP contribution is 2.25. The van der Waals surface area contributed by atoms with Crippen molar-refractivity contribution in [3.05, 3.63) is 70.3 Å². The van der Waals surface area contributed by atoms with Crippen molar-refractivity contribution in [3.8, 4) is 0 Å². The van der Waals surface area contributed by atoms with Crippen molar-refractivity contribution in [3.63, 3.8) is 0 Å². The molecule has 0 saturated carbocycles. The maximum absolute atomic E-state index is 12.9. The van der Waals surface area contributed by atoms with E-state index >= 15 is 0 Å². The van der Waals surface area contributed by atoms with Crippen molar-refractivity contribution >= 4 is 15.9 Å². The molecule has 6 heteroatoms. The first-order valence-electron chi connectivity index (χ1n) is 11.1. The van der Waals surface area contributed by atoms with Gasteiger partial charge in [-0.15, -0.1) is 0 Å². The Kier molecular flexibility index (Phi) is 7.55. The van der Waals surface area contributed by atoms with Crippen LogP contribution in [0.25, 0.3) is 0 Å². The lowest BCUT2D eigenvalue weighted by atomic mass is 9.95. The topological polar surface area (TPSA) is 66.5 Å². The lowest BCUT2D eigenvalue weighted by Crippen LogP contribution is -2.44. The Morgan fingerprint density at radius 3 is 2.32 bits per heavy atom. The molecule has 0 bridgehead atoms. The Morgan fingerprint density at radius 1 is 1.03 bits per heavy atom. The molecule has 3 rings (SSSR count). The summed E-state index contributed by atoms with van der Waals surface area (Å²) in [7, 11) is -3.39. The Morgan fingerprint density at radius 2 is 1.71 bits per heavy atom. The molecule has 0 spiro atoms. The van der Waals surface area contributed by atoms with Crippen molar-refractivity contribution in [2.75, 3.05) is 13.1 Å². The molecule has 1 aliphatic rings. The van der Waals surface area contributed by atoms with E-state index in [1.807, 2.05) is 31.2 Å². The van der Waals surface area contributed by atoms with Crippen LogP contribution >= 0.6 is 0 Å². The highest BCUT2D eigenvalue weighted by Gasteiger charge is 2.32. The maximum atomic E-state index is 12.9. The van der Waals surface area contributed by atoms with Gasteiger partial charge in [0.05, 0.1) is 11.8 Å². The lowest BCUT2D eigenvalue weighted by Gasteiger charge is -2.31. The summed E-state index contributed by atoms with van der Waals surface area (Å²) in [6, 6.07) is 13.9. The number of sulfonamides is 1. The van der Waals surface area contributed by atoms with Crippen molar-refractivity contribution in [1.29, 1.82) is 0 Å². The van der Waals surface area contributed by atoms with Crippen LogP contribution in [-0.4, -0.2) is 31.7 Å². The third kappa shape index (κ3) is 5.74. The second-order valence-electron chi connectivity index (χ2n) is 8.67. The molecule has 1 heterocycles. The Balaban J connectivity index is 1.58. The molecule has 0 aromatic heterocycles. The van der Waals surface area contributed by atoms with E-state index in [1.165, 1.54) is 11.1 Å². The van der Waals surface area contributed by atoms with Gasteiger partial charge in [0.15, 0.2) is 0 Å². The molecular formula is C25H34N2O3S. The number of nitrogens with zero attached hydrogens (tertiary/aromatic N) is 1. The summed E-state index contributed by atoms with van der Waals surface area (Å²) < 4.78 is 27.3. The molecule has 168 valence electrons. The summed E-state index contributed by atoms with van der Waals surface area (Å²) in [4.78, 5) is 12.9. The van der Waals surface area contributed by atoms with Crippen LogP contribution in [-0.2, 0) is 20.6 Å². The van der Waals surface area contributed by atoms with Crippen molar-refractivity contribution in [2.45, 2.75) is 58.8 Å². The van der Waals surface area contributed by atoms with Crippen LogP contribution in [0.1, 0.15) is 60.0 Å². The molecule has 1 saturated heterocycles. The molecular weight excluding hydrogens is 408 g/mol. The van der Waals surface area contributed by atoms with E-state index in [4.69, 9.17) is 0 Å². The standard InChI is InChI=1S/C25H34N2O3S/c1-5-24(22-11-10-18(2)20(4)16-22)26-25(28)21-12-14-27(15-13-21)31(29,30)17-23-9-7-6-8-19(23)3/h6-11,16,21,24H,5,12-15,17H2,1-4H3,(H,26,28)/t24-/m0/s1. The van der Waals surface area contributed by atoms with Crippen molar-refractivity contribution < 1.29 is 13.2 Å². The largest absolute Gasteiger partial charge is 0.349 e. The number of carbonyl (C=O) groups excluding carboxylic acids is 1. The third-order valence-corrected chi connectivity index (χ3v) is 8.30. The number of amides is 1. The molecule has 5 nitrogen and oxygen atoms in total. The van der Waals surface area contributed by atoms with Gasteiger partial charge >= 0.3 is 0 Å². The zero-order chi connectivity index (χ0) is 22.6. The van der Waals surface area contributed by atoms with Crippen LogP contribution in [0.15, 0.2) is 42.5 Å². The van der Waals surface area contributed by atoms with E-state index in [2.05, 4.69) is 44.3 Å². The van der Waals surface area contributed by atoms with Gasteiger partial charge in [0, 0.05) is 19.0 Å². The van der Waals surface area contributed by atoms with Gasteiger partial charge in [0.1, 0.15) is 0 Å². The minimum absolute atomic E-state index is 0.0151. The average molecular weight is 443 g/mol. The van der Waals surface area contributed by atoms with E-state index in [-0.39, 0.29) is 23.6 Å². The monoisotopic (exact) mass is 442 g/mol. The number of aryl methyl sites for hydroxylation is 3. The molecule has 1 amide bonds.